The Morgan fingerprint density at radius 2 is 2.16 bits per heavy atom. The molecule has 6 nitrogen and oxygen atoms in total. The maximum atomic E-state index is 11.0. The summed E-state index contributed by atoms with van der Waals surface area (Å²) in [6.07, 6.45) is 2.85. The van der Waals surface area contributed by atoms with Gasteiger partial charge in [-0.3, -0.25) is 4.68 Å². The molecule has 9 heteroatoms. The number of nitrogens with zero attached hydrogens (tertiary/aromatic N) is 4. The van der Waals surface area contributed by atoms with E-state index in [0.29, 0.717) is 33.5 Å². The van der Waals surface area contributed by atoms with Crippen LogP contribution in [-0.2, 0) is 22.6 Å². The lowest BCUT2D eigenvalue weighted by Gasteiger charge is -2.02. The van der Waals surface area contributed by atoms with Crippen LogP contribution in [0, 0.1) is 0 Å². The zero-order valence-electron chi connectivity index (χ0n) is 10.5. The summed E-state index contributed by atoms with van der Waals surface area (Å²) in [6.45, 7) is 0. The number of halogens is 1. The normalized spacial score (nSPS) is 12.2. The summed E-state index contributed by atoms with van der Waals surface area (Å²) in [4.78, 5) is 8.54. The number of rotatable bonds is 5. The van der Waals surface area contributed by atoms with Crippen LogP contribution in [0.3, 0.4) is 0 Å². The Labute approximate surface area is 120 Å². The van der Waals surface area contributed by atoms with E-state index in [0.717, 1.165) is 0 Å². The smallest absolute Gasteiger partial charge is 0.162 e. The van der Waals surface area contributed by atoms with Gasteiger partial charge in [0.25, 0.3) is 0 Å². The van der Waals surface area contributed by atoms with Gasteiger partial charge in [0.05, 0.1) is 23.1 Å². The van der Waals surface area contributed by atoms with Gasteiger partial charge in [0, 0.05) is 19.1 Å². The molecule has 0 saturated carbocycles. The molecule has 2 heterocycles. The molecule has 0 aliphatic rings. The quantitative estimate of drug-likeness (QED) is 0.610. The first kappa shape index (κ1) is 14.5. The average Bonchev–Trinajstić information content (AvgIpc) is 2.66. The highest BCUT2D eigenvalue weighted by Gasteiger charge is 2.10. The van der Waals surface area contributed by atoms with Crippen LogP contribution >= 0.6 is 23.4 Å². The zero-order valence-corrected chi connectivity index (χ0v) is 12.9. The van der Waals surface area contributed by atoms with Crippen LogP contribution in [0.5, 0.6) is 0 Å². The Hall–Kier alpha value is -0.860. The molecule has 2 aromatic heterocycles. The van der Waals surface area contributed by atoms with Crippen molar-refractivity contribution in [3.05, 3.63) is 17.2 Å². The van der Waals surface area contributed by atoms with Crippen LogP contribution in [-0.4, -0.2) is 45.9 Å². The standard InChI is InChI=1S/C10H13ClN4O2S2/c1-15-10-7(5-12-15)9(11)13-8(14-10)6-18-3-4-19(2,16)17/h5H,3-4,6H2,1-2H3. The van der Waals surface area contributed by atoms with Gasteiger partial charge in [-0.05, 0) is 0 Å². The summed E-state index contributed by atoms with van der Waals surface area (Å²) < 4.78 is 23.6. The van der Waals surface area contributed by atoms with Crippen molar-refractivity contribution in [3.8, 4) is 0 Å². The minimum absolute atomic E-state index is 0.152. The maximum Gasteiger partial charge on any atom is 0.162 e. The van der Waals surface area contributed by atoms with Crippen molar-refractivity contribution in [2.75, 3.05) is 17.8 Å². The van der Waals surface area contributed by atoms with Crippen LogP contribution in [0.25, 0.3) is 11.0 Å². The Morgan fingerprint density at radius 3 is 2.84 bits per heavy atom. The van der Waals surface area contributed by atoms with Crippen molar-refractivity contribution in [2.45, 2.75) is 5.75 Å². The van der Waals surface area contributed by atoms with Gasteiger partial charge in [-0.25, -0.2) is 18.4 Å². The first-order chi connectivity index (χ1) is 8.87. The van der Waals surface area contributed by atoms with Crippen LogP contribution in [0.1, 0.15) is 5.82 Å². The zero-order chi connectivity index (χ0) is 14.0. The lowest BCUT2D eigenvalue weighted by atomic mass is 10.4. The van der Waals surface area contributed by atoms with E-state index in [4.69, 9.17) is 11.6 Å². The molecule has 2 rings (SSSR count). The predicted octanol–water partition coefficient (Wildman–Crippen LogP) is 1.29. The third-order valence-corrected chi connectivity index (χ3v) is 4.87. The molecule has 0 amide bonds. The summed E-state index contributed by atoms with van der Waals surface area (Å²) in [6, 6.07) is 0. The van der Waals surface area contributed by atoms with E-state index in [2.05, 4.69) is 15.1 Å². The Morgan fingerprint density at radius 1 is 1.42 bits per heavy atom. The third kappa shape index (κ3) is 3.80. The number of aryl methyl sites for hydroxylation is 1. The number of sulfone groups is 1. The number of hydrogen-bond donors (Lipinski definition) is 0. The third-order valence-electron chi connectivity index (χ3n) is 2.42. The second-order valence-electron chi connectivity index (χ2n) is 4.12. The fourth-order valence-corrected chi connectivity index (χ4v) is 3.84. The fraction of sp³-hybridized carbons (Fsp3) is 0.500. The second-order valence-corrected chi connectivity index (χ2v) is 7.84. The summed E-state index contributed by atoms with van der Waals surface area (Å²) in [7, 11) is -1.14. The lowest BCUT2D eigenvalue weighted by Crippen LogP contribution is -2.06. The van der Waals surface area contributed by atoms with Gasteiger partial charge in [-0.15, -0.1) is 0 Å². The van der Waals surface area contributed by atoms with Crippen molar-refractivity contribution < 1.29 is 8.42 Å². The van der Waals surface area contributed by atoms with Crippen LogP contribution in [0.2, 0.25) is 5.15 Å². The highest BCUT2D eigenvalue weighted by atomic mass is 35.5. The summed E-state index contributed by atoms with van der Waals surface area (Å²) in [5, 5.41) is 5.16. The molecule has 2 aromatic rings. The molecule has 0 bridgehead atoms. The molecule has 0 fully saturated rings. The van der Waals surface area contributed by atoms with Crippen molar-refractivity contribution in [1.82, 2.24) is 19.7 Å². The van der Waals surface area contributed by atoms with Crippen molar-refractivity contribution in [2.24, 2.45) is 7.05 Å². The molecule has 19 heavy (non-hydrogen) atoms. The molecular formula is C10H13ClN4O2S2. The lowest BCUT2D eigenvalue weighted by molar-refractivity contribution is 0.603. The Bertz CT molecular complexity index is 699. The van der Waals surface area contributed by atoms with E-state index in [1.807, 2.05) is 0 Å². The number of hydrogen-bond acceptors (Lipinski definition) is 6. The summed E-state index contributed by atoms with van der Waals surface area (Å²) >= 11 is 7.52. The first-order valence-corrected chi connectivity index (χ1v) is 9.06. The molecule has 0 spiro atoms. The minimum Gasteiger partial charge on any atom is -0.250 e. The number of thioether (sulfide) groups is 1. The molecular weight excluding hydrogens is 308 g/mol. The molecule has 0 aromatic carbocycles. The van der Waals surface area contributed by atoms with Gasteiger partial charge in [0.1, 0.15) is 20.8 Å². The highest BCUT2D eigenvalue weighted by molar-refractivity contribution is 7.99. The summed E-state index contributed by atoms with van der Waals surface area (Å²) in [5.41, 5.74) is 0.679. The van der Waals surface area contributed by atoms with Gasteiger partial charge >= 0.3 is 0 Å². The topological polar surface area (TPSA) is 77.7 Å². The van der Waals surface area contributed by atoms with Gasteiger partial charge in [-0.1, -0.05) is 11.6 Å². The van der Waals surface area contributed by atoms with Gasteiger partial charge in [-0.2, -0.15) is 16.9 Å². The van der Waals surface area contributed by atoms with Crippen molar-refractivity contribution in [3.63, 3.8) is 0 Å². The fourth-order valence-electron chi connectivity index (χ4n) is 1.47. The molecule has 0 aliphatic carbocycles. The molecule has 0 saturated heterocycles. The highest BCUT2D eigenvalue weighted by Crippen LogP contribution is 2.21. The van der Waals surface area contributed by atoms with Gasteiger partial charge in [0.15, 0.2) is 5.65 Å². The number of fused-ring (bicyclic) bond motifs is 1. The van der Waals surface area contributed by atoms with Crippen molar-refractivity contribution in [1.29, 1.82) is 0 Å². The molecule has 0 aliphatic heterocycles. The van der Waals surface area contributed by atoms with Crippen LogP contribution in [0.15, 0.2) is 6.20 Å². The summed E-state index contributed by atoms with van der Waals surface area (Å²) in [5.74, 6) is 1.78. The number of aromatic nitrogens is 4. The van der Waals surface area contributed by atoms with E-state index in [1.54, 1.807) is 17.9 Å². The predicted molar refractivity (Wildman–Crippen MR) is 77.2 cm³/mol. The monoisotopic (exact) mass is 320 g/mol. The molecule has 0 atom stereocenters. The largest absolute Gasteiger partial charge is 0.250 e. The van der Waals surface area contributed by atoms with Gasteiger partial charge < -0.3 is 0 Å². The van der Waals surface area contributed by atoms with Crippen LogP contribution < -0.4 is 0 Å². The van der Waals surface area contributed by atoms with Gasteiger partial charge in [0.2, 0.25) is 0 Å². The molecule has 104 valence electrons. The van der Waals surface area contributed by atoms with Crippen molar-refractivity contribution >= 4 is 44.2 Å². The average molecular weight is 321 g/mol. The Balaban J connectivity index is 2.07. The SMILES string of the molecule is Cn1ncc2c(Cl)nc(CSCCS(C)(=O)=O)nc21. The Kier molecular flexibility index (Phi) is 4.32. The van der Waals surface area contributed by atoms with Crippen LogP contribution in [0.4, 0.5) is 0 Å². The van der Waals surface area contributed by atoms with E-state index < -0.39 is 9.84 Å². The first-order valence-electron chi connectivity index (χ1n) is 5.46. The van der Waals surface area contributed by atoms with E-state index >= 15 is 0 Å². The molecule has 0 unspecified atom stereocenters. The van der Waals surface area contributed by atoms with E-state index in [1.165, 1.54) is 18.0 Å². The van der Waals surface area contributed by atoms with E-state index in [9.17, 15) is 8.42 Å². The molecule has 0 N–H and O–H groups in total. The second kappa shape index (κ2) is 5.64. The minimum atomic E-state index is -2.92. The maximum absolute atomic E-state index is 11.0. The molecule has 0 radical (unpaired) electrons. The van der Waals surface area contributed by atoms with E-state index in [-0.39, 0.29) is 5.75 Å².